The van der Waals surface area contributed by atoms with Crippen LogP contribution >= 0.6 is 0 Å². The highest BCUT2D eigenvalue weighted by Crippen LogP contribution is 2.39. The van der Waals surface area contributed by atoms with E-state index in [4.69, 9.17) is 5.73 Å². The van der Waals surface area contributed by atoms with Crippen molar-refractivity contribution >= 4 is 5.69 Å². The molecule has 3 heteroatoms. The van der Waals surface area contributed by atoms with Crippen molar-refractivity contribution in [3.05, 3.63) is 70.8 Å². The van der Waals surface area contributed by atoms with Gasteiger partial charge in [0.1, 0.15) is 0 Å². The highest BCUT2D eigenvalue weighted by Gasteiger charge is 2.24. The summed E-state index contributed by atoms with van der Waals surface area (Å²) in [4.78, 5) is 7.47. The molecule has 3 nitrogen and oxygen atoms in total. The van der Waals surface area contributed by atoms with Gasteiger partial charge in [0.05, 0.1) is 12.2 Å². The van der Waals surface area contributed by atoms with Crippen molar-refractivity contribution in [2.75, 3.05) is 5.73 Å². The van der Waals surface area contributed by atoms with Gasteiger partial charge in [-0.2, -0.15) is 0 Å². The van der Waals surface area contributed by atoms with Crippen molar-refractivity contribution in [3.8, 4) is 0 Å². The number of hydrogen-bond acceptors (Lipinski definition) is 2. The number of aromatic amines is 1. The van der Waals surface area contributed by atoms with E-state index in [1.165, 1.54) is 22.3 Å². The average molecular weight is 279 g/mol. The highest BCUT2D eigenvalue weighted by atomic mass is 14.9. The Labute approximate surface area is 125 Å². The van der Waals surface area contributed by atoms with Crippen molar-refractivity contribution in [3.63, 3.8) is 0 Å². The molecule has 3 N–H and O–H groups in total. The molecule has 1 aliphatic rings. The Morgan fingerprint density at radius 1 is 1.29 bits per heavy atom. The lowest BCUT2D eigenvalue weighted by Crippen LogP contribution is -2.10. The number of nitrogens with two attached hydrogens (primary N) is 1. The molecule has 0 amide bonds. The molecule has 0 saturated heterocycles. The van der Waals surface area contributed by atoms with E-state index in [0.29, 0.717) is 0 Å². The van der Waals surface area contributed by atoms with Gasteiger partial charge in [-0.25, -0.2) is 4.98 Å². The molecule has 0 saturated carbocycles. The van der Waals surface area contributed by atoms with Crippen LogP contribution < -0.4 is 5.73 Å². The van der Waals surface area contributed by atoms with E-state index < -0.39 is 0 Å². The van der Waals surface area contributed by atoms with Crippen molar-refractivity contribution in [2.45, 2.75) is 32.6 Å². The first-order chi connectivity index (χ1) is 10.2. The Hall–Kier alpha value is -2.29. The van der Waals surface area contributed by atoms with Crippen LogP contribution in [-0.2, 0) is 0 Å². The van der Waals surface area contributed by atoms with Gasteiger partial charge in [-0.3, -0.25) is 0 Å². The van der Waals surface area contributed by atoms with Crippen LogP contribution in [0, 0.1) is 0 Å². The fraction of sp³-hybridized carbons (Fsp3) is 0.278. The predicted molar refractivity (Wildman–Crippen MR) is 87.0 cm³/mol. The smallest absolute Gasteiger partial charge is 0.0922 e. The number of H-pyrrole nitrogens is 1. The molecule has 1 aromatic carbocycles. The number of nitrogens with one attached hydrogen (secondary N) is 1. The third-order valence-electron chi connectivity index (χ3n) is 4.34. The average Bonchev–Trinajstić information content (AvgIpc) is 2.98. The molecule has 0 aliphatic heterocycles. The second kappa shape index (κ2) is 5.60. The zero-order chi connectivity index (χ0) is 14.8. The van der Waals surface area contributed by atoms with Crippen molar-refractivity contribution < 1.29 is 0 Å². The number of nitrogen functional groups attached to an aromatic ring is 1. The zero-order valence-corrected chi connectivity index (χ0v) is 12.6. The molecule has 1 atom stereocenters. The molecule has 0 radical (unpaired) electrons. The number of nitrogens with zero attached hydrogens (tertiary/aromatic N) is 1. The summed E-state index contributed by atoms with van der Waals surface area (Å²) in [5, 5.41) is 0. The van der Waals surface area contributed by atoms with Gasteiger partial charge in [0, 0.05) is 17.6 Å². The first-order valence-corrected chi connectivity index (χ1v) is 7.37. The highest BCUT2D eigenvalue weighted by molar-refractivity contribution is 5.52. The number of rotatable bonds is 3. The Morgan fingerprint density at radius 3 is 2.86 bits per heavy atom. The first kappa shape index (κ1) is 13.7. The van der Waals surface area contributed by atoms with Gasteiger partial charge in [-0.05, 0) is 55.5 Å². The summed E-state index contributed by atoms with van der Waals surface area (Å²) in [6.07, 6.45) is 8.26. The van der Waals surface area contributed by atoms with Crippen LogP contribution in [0.1, 0.15) is 43.9 Å². The molecule has 0 fully saturated rings. The molecule has 21 heavy (non-hydrogen) atoms. The topological polar surface area (TPSA) is 54.7 Å². The molecule has 1 aliphatic carbocycles. The fourth-order valence-corrected chi connectivity index (χ4v) is 3.06. The monoisotopic (exact) mass is 279 g/mol. The minimum Gasteiger partial charge on any atom is -0.399 e. The van der Waals surface area contributed by atoms with Gasteiger partial charge >= 0.3 is 0 Å². The van der Waals surface area contributed by atoms with Gasteiger partial charge in [0.15, 0.2) is 0 Å². The van der Waals surface area contributed by atoms with E-state index in [2.05, 4.69) is 42.0 Å². The van der Waals surface area contributed by atoms with E-state index in [0.717, 1.165) is 24.2 Å². The lowest BCUT2D eigenvalue weighted by molar-refractivity contribution is 0.841. The lowest BCUT2D eigenvalue weighted by atomic mass is 9.80. The Balaban J connectivity index is 2.12. The molecule has 108 valence electrons. The van der Waals surface area contributed by atoms with E-state index in [1.54, 1.807) is 6.33 Å². The van der Waals surface area contributed by atoms with Crippen LogP contribution in [0.2, 0.25) is 0 Å². The Bertz CT molecular complexity index is 693. The van der Waals surface area contributed by atoms with E-state index in [1.807, 2.05) is 18.3 Å². The maximum atomic E-state index is 5.98. The van der Waals surface area contributed by atoms with Gasteiger partial charge in [-0.1, -0.05) is 23.8 Å². The van der Waals surface area contributed by atoms with Crippen LogP contribution in [-0.4, -0.2) is 9.97 Å². The SMILES string of the molecule is CC1=C(C)C(C(c2cccc(N)c2)c2cnc[nH]2)=CCC1. The maximum absolute atomic E-state index is 5.98. The van der Waals surface area contributed by atoms with Gasteiger partial charge in [0.25, 0.3) is 0 Å². The molecule has 0 spiro atoms. The molecule has 3 rings (SSSR count). The molecule has 1 aromatic heterocycles. The summed E-state index contributed by atoms with van der Waals surface area (Å²) in [7, 11) is 0. The van der Waals surface area contributed by atoms with Crippen molar-refractivity contribution in [1.29, 1.82) is 0 Å². The fourth-order valence-electron chi connectivity index (χ4n) is 3.06. The summed E-state index contributed by atoms with van der Waals surface area (Å²) in [5.74, 6) is 0.172. The largest absolute Gasteiger partial charge is 0.399 e. The summed E-state index contributed by atoms with van der Waals surface area (Å²) >= 11 is 0. The maximum Gasteiger partial charge on any atom is 0.0922 e. The number of benzene rings is 1. The molecular weight excluding hydrogens is 258 g/mol. The summed E-state index contributed by atoms with van der Waals surface area (Å²) in [5.41, 5.74) is 13.3. The third-order valence-corrected chi connectivity index (χ3v) is 4.34. The summed E-state index contributed by atoms with van der Waals surface area (Å²) in [6, 6.07) is 8.14. The van der Waals surface area contributed by atoms with E-state index in [9.17, 15) is 0 Å². The lowest BCUT2D eigenvalue weighted by Gasteiger charge is -2.25. The van der Waals surface area contributed by atoms with Crippen LogP contribution in [0.3, 0.4) is 0 Å². The molecule has 1 unspecified atom stereocenters. The number of aromatic nitrogens is 2. The summed E-state index contributed by atoms with van der Waals surface area (Å²) < 4.78 is 0. The molecular formula is C18H21N3. The number of anilines is 1. The van der Waals surface area contributed by atoms with Gasteiger partial charge < -0.3 is 10.7 Å². The van der Waals surface area contributed by atoms with Crippen LogP contribution in [0.4, 0.5) is 5.69 Å². The van der Waals surface area contributed by atoms with Crippen molar-refractivity contribution in [2.24, 2.45) is 0 Å². The third kappa shape index (κ3) is 2.64. The number of imidazole rings is 1. The van der Waals surface area contributed by atoms with E-state index in [-0.39, 0.29) is 5.92 Å². The summed E-state index contributed by atoms with van der Waals surface area (Å²) in [6.45, 7) is 4.45. The Morgan fingerprint density at radius 2 is 2.14 bits per heavy atom. The second-order valence-electron chi connectivity index (χ2n) is 5.71. The number of allylic oxidation sites excluding steroid dienone is 4. The van der Waals surface area contributed by atoms with E-state index >= 15 is 0 Å². The second-order valence-corrected chi connectivity index (χ2v) is 5.71. The van der Waals surface area contributed by atoms with Gasteiger partial charge in [-0.15, -0.1) is 0 Å². The van der Waals surface area contributed by atoms with Crippen LogP contribution in [0.25, 0.3) is 0 Å². The van der Waals surface area contributed by atoms with Crippen LogP contribution in [0.5, 0.6) is 0 Å². The number of hydrogen-bond donors (Lipinski definition) is 2. The standard InChI is InChI=1S/C18H21N3/c1-12-5-3-8-16(13(12)2)18(17-10-20-11-21-17)14-6-4-7-15(19)9-14/h4,6-11,18H,3,5,19H2,1-2H3,(H,20,21). The minimum atomic E-state index is 0.172. The Kier molecular flexibility index (Phi) is 3.65. The molecule has 1 heterocycles. The normalized spacial score (nSPS) is 16.8. The molecule has 0 bridgehead atoms. The van der Waals surface area contributed by atoms with Crippen LogP contribution in [0.15, 0.2) is 59.6 Å². The van der Waals surface area contributed by atoms with Crippen molar-refractivity contribution in [1.82, 2.24) is 9.97 Å². The first-order valence-electron chi connectivity index (χ1n) is 7.37. The zero-order valence-electron chi connectivity index (χ0n) is 12.6. The molecule has 2 aromatic rings. The quantitative estimate of drug-likeness (QED) is 0.828. The minimum absolute atomic E-state index is 0.172. The predicted octanol–water partition coefficient (Wildman–Crippen LogP) is 4.18. The van der Waals surface area contributed by atoms with Gasteiger partial charge in [0.2, 0.25) is 0 Å².